The molecule has 108 valence electrons. The Kier molecular flexibility index (Phi) is 4.77. The fourth-order valence-corrected chi connectivity index (χ4v) is 2.23. The normalized spacial score (nSPS) is 14.5. The second kappa shape index (κ2) is 6.75. The molecule has 0 aliphatic carbocycles. The molecule has 1 aliphatic heterocycles. The quantitative estimate of drug-likeness (QED) is 0.629. The first-order chi connectivity index (χ1) is 10.1. The van der Waals surface area contributed by atoms with Gasteiger partial charge in [-0.2, -0.15) is 0 Å². The van der Waals surface area contributed by atoms with Gasteiger partial charge in [-0.15, -0.1) is 0 Å². The van der Waals surface area contributed by atoms with Gasteiger partial charge < -0.3 is 14.6 Å². The first kappa shape index (κ1) is 14.9. The van der Waals surface area contributed by atoms with Crippen molar-refractivity contribution in [2.45, 2.75) is 13.8 Å². The zero-order chi connectivity index (χ0) is 15.2. The average Bonchev–Trinajstić information content (AvgIpc) is 2.41. The van der Waals surface area contributed by atoms with Gasteiger partial charge in [-0.05, 0) is 43.2 Å². The van der Waals surface area contributed by atoms with Crippen LogP contribution in [-0.4, -0.2) is 12.6 Å². The summed E-state index contributed by atoms with van der Waals surface area (Å²) < 4.78 is 5.79. The fourth-order valence-electron chi connectivity index (χ4n) is 2.23. The van der Waals surface area contributed by atoms with E-state index in [1.807, 2.05) is 19.1 Å². The van der Waals surface area contributed by atoms with Gasteiger partial charge in [0.05, 0.1) is 5.97 Å². The maximum atomic E-state index is 10.2. The third-order valence-corrected chi connectivity index (χ3v) is 3.05. The van der Waals surface area contributed by atoms with E-state index in [-0.39, 0.29) is 0 Å². The highest BCUT2D eigenvalue weighted by atomic mass is 16.5. The smallest absolute Gasteiger partial charge is 0.129 e. The van der Waals surface area contributed by atoms with Crippen molar-refractivity contribution in [1.29, 1.82) is 0 Å². The zero-order valence-corrected chi connectivity index (χ0v) is 12.1. The molecule has 0 unspecified atom stereocenters. The third kappa shape index (κ3) is 4.21. The summed E-state index contributed by atoms with van der Waals surface area (Å²) >= 11 is 0. The number of allylic oxidation sites excluding steroid dienone is 4. The van der Waals surface area contributed by atoms with Gasteiger partial charge in [-0.25, -0.2) is 0 Å². The van der Waals surface area contributed by atoms with Crippen LogP contribution in [0.4, 0.5) is 0 Å². The number of fused-ring (bicyclic) bond motifs is 1. The number of carboxylic acid groups (broad SMARTS) is 1. The van der Waals surface area contributed by atoms with E-state index < -0.39 is 5.97 Å². The molecule has 0 saturated carbocycles. The van der Waals surface area contributed by atoms with E-state index in [4.69, 9.17) is 4.74 Å². The van der Waals surface area contributed by atoms with Crippen molar-refractivity contribution in [3.8, 4) is 5.75 Å². The highest BCUT2D eigenvalue weighted by Gasteiger charge is 2.12. The van der Waals surface area contributed by atoms with E-state index in [1.165, 1.54) is 11.6 Å². The molecule has 0 amide bonds. The summed E-state index contributed by atoms with van der Waals surface area (Å²) in [5, 5.41) is 10.2. The van der Waals surface area contributed by atoms with E-state index in [2.05, 4.69) is 25.1 Å². The molecule has 0 saturated heterocycles. The first-order valence-electron chi connectivity index (χ1n) is 6.73. The van der Waals surface area contributed by atoms with Crippen molar-refractivity contribution >= 4 is 12.0 Å². The summed E-state index contributed by atoms with van der Waals surface area (Å²) in [7, 11) is 0. The largest absolute Gasteiger partial charge is 0.545 e. The predicted molar refractivity (Wildman–Crippen MR) is 81.8 cm³/mol. The summed E-state index contributed by atoms with van der Waals surface area (Å²) in [6.07, 6.45) is 11.7. The maximum Gasteiger partial charge on any atom is 0.129 e. The fraction of sp³-hybridized carbons (Fsp3) is 0.167. The van der Waals surface area contributed by atoms with Crippen LogP contribution in [0.25, 0.3) is 6.08 Å². The van der Waals surface area contributed by atoms with Crippen molar-refractivity contribution in [2.75, 3.05) is 6.61 Å². The number of carbonyl (C=O) groups excluding carboxylic acids is 1. The lowest BCUT2D eigenvalue weighted by molar-refractivity contribution is -0.297. The minimum atomic E-state index is -1.20. The molecule has 0 N–H and O–H groups in total. The van der Waals surface area contributed by atoms with Gasteiger partial charge in [-0.1, -0.05) is 42.0 Å². The van der Waals surface area contributed by atoms with Gasteiger partial charge in [0, 0.05) is 5.56 Å². The van der Waals surface area contributed by atoms with Gasteiger partial charge >= 0.3 is 0 Å². The second-order valence-electron chi connectivity index (χ2n) is 4.93. The SMILES string of the molecule is Cc1cc(C)c2c(c1)C=C(/C=C/C=C/C=C/C(=O)[O-])CO2. The van der Waals surface area contributed by atoms with Crippen LogP contribution in [0.1, 0.15) is 16.7 Å². The summed E-state index contributed by atoms with van der Waals surface area (Å²) in [6, 6.07) is 4.22. The first-order valence-corrected chi connectivity index (χ1v) is 6.73. The number of hydrogen-bond acceptors (Lipinski definition) is 3. The molecule has 2 rings (SSSR count). The monoisotopic (exact) mass is 281 g/mol. The molecular weight excluding hydrogens is 264 g/mol. The van der Waals surface area contributed by atoms with Crippen LogP contribution in [-0.2, 0) is 4.79 Å². The van der Waals surface area contributed by atoms with Crippen LogP contribution >= 0.6 is 0 Å². The van der Waals surface area contributed by atoms with Gasteiger partial charge in [-0.3, -0.25) is 0 Å². The zero-order valence-electron chi connectivity index (χ0n) is 12.1. The molecule has 1 aromatic carbocycles. The lowest BCUT2D eigenvalue weighted by atomic mass is 10.0. The van der Waals surface area contributed by atoms with E-state index in [0.717, 1.165) is 28.5 Å². The topological polar surface area (TPSA) is 49.4 Å². The van der Waals surface area contributed by atoms with Gasteiger partial charge in [0.15, 0.2) is 0 Å². The van der Waals surface area contributed by atoms with Crippen molar-refractivity contribution in [3.63, 3.8) is 0 Å². The van der Waals surface area contributed by atoms with Crippen molar-refractivity contribution in [2.24, 2.45) is 0 Å². The average molecular weight is 281 g/mol. The van der Waals surface area contributed by atoms with Crippen molar-refractivity contribution < 1.29 is 14.6 Å². The Bertz CT molecular complexity index is 661. The highest BCUT2D eigenvalue weighted by Crippen LogP contribution is 2.31. The lowest BCUT2D eigenvalue weighted by Gasteiger charge is -2.18. The van der Waals surface area contributed by atoms with E-state index >= 15 is 0 Å². The Morgan fingerprint density at radius 1 is 1.19 bits per heavy atom. The summed E-state index contributed by atoms with van der Waals surface area (Å²) in [6.45, 7) is 4.65. The summed E-state index contributed by atoms with van der Waals surface area (Å²) in [5.74, 6) is -0.250. The molecule has 0 bridgehead atoms. The number of aliphatic carboxylic acids is 1. The molecule has 3 nitrogen and oxygen atoms in total. The Hall–Kier alpha value is -2.55. The number of hydrogen-bond donors (Lipinski definition) is 0. The molecule has 3 heteroatoms. The molecule has 0 spiro atoms. The molecule has 1 aliphatic rings. The molecule has 21 heavy (non-hydrogen) atoms. The predicted octanol–water partition coefficient (Wildman–Crippen LogP) is 2.50. The molecule has 1 aromatic rings. The number of aryl methyl sites for hydroxylation is 2. The minimum Gasteiger partial charge on any atom is -0.545 e. The molecule has 0 fully saturated rings. The number of rotatable bonds is 4. The van der Waals surface area contributed by atoms with Crippen LogP contribution in [0.15, 0.2) is 54.2 Å². The maximum absolute atomic E-state index is 10.2. The van der Waals surface area contributed by atoms with Crippen molar-refractivity contribution in [3.05, 3.63) is 70.9 Å². The van der Waals surface area contributed by atoms with Gasteiger partial charge in [0.1, 0.15) is 12.4 Å². The highest BCUT2D eigenvalue weighted by molar-refractivity contribution is 5.77. The van der Waals surface area contributed by atoms with Crippen LogP contribution in [0.5, 0.6) is 5.75 Å². The minimum absolute atomic E-state index is 0.538. The standard InChI is InChI=1S/C18H18O3/c1-13-9-14(2)18-16(10-13)11-15(12-21-18)7-5-3-4-6-8-17(19)20/h3-11H,12H2,1-2H3,(H,19,20)/p-1/b4-3+,7-5+,8-6+. The molecule has 0 radical (unpaired) electrons. The van der Waals surface area contributed by atoms with Crippen molar-refractivity contribution in [1.82, 2.24) is 0 Å². The lowest BCUT2D eigenvalue weighted by Crippen LogP contribution is -2.18. The summed E-state index contributed by atoms with van der Waals surface area (Å²) in [5.41, 5.74) is 4.53. The van der Waals surface area contributed by atoms with E-state index in [1.54, 1.807) is 12.2 Å². The van der Waals surface area contributed by atoms with Crippen LogP contribution < -0.4 is 9.84 Å². The molecule has 1 heterocycles. The molecular formula is C18H17O3-. The second-order valence-corrected chi connectivity index (χ2v) is 4.93. The summed E-state index contributed by atoms with van der Waals surface area (Å²) in [4.78, 5) is 10.2. The number of carbonyl (C=O) groups is 1. The Morgan fingerprint density at radius 3 is 2.71 bits per heavy atom. The van der Waals surface area contributed by atoms with E-state index in [0.29, 0.717) is 6.61 Å². The Morgan fingerprint density at radius 2 is 1.95 bits per heavy atom. The number of ether oxygens (including phenoxy) is 1. The number of carboxylic acids is 1. The van der Waals surface area contributed by atoms with Gasteiger partial charge in [0.25, 0.3) is 0 Å². The van der Waals surface area contributed by atoms with Crippen LogP contribution in [0.3, 0.4) is 0 Å². The molecule has 0 atom stereocenters. The van der Waals surface area contributed by atoms with Crippen LogP contribution in [0, 0.1) is 13.8 Å². The Labute approximate surface area is 124 Å². The van der Waals surface area contributed by atoms with Crippen LogP contribution in [0.2, 0.25) is 0 Å². The third-order valence-electron chi connectivity index (χ3n) is 3.05. The van der Waals surface area contributed by atoms with Gasteiger partial charge in [0.2, 0.25) is 0 Å². The number of benzene rings is 1. The van der Waals surface area contributed by atoms with E-state index in [9.17, 15) is 9.90 Å². The molecule has 0 aromatic heterocycles. The Balaban J connectivity index is 2.09.